The average Bonchev–Trinajstić information content (AvgIpc) is 2.44. The zero-order valence-corrected chi connectivity index (χ0v) is 8.33. The lowest BCUT2D eigenvalue weighted by molar-refractivity contribution is 0.283. The molecule has 1 aromatic heterocycles. The predicted molar refractivity (Wildman–Crippen MR) is 55.0 cm³/mol. The van der Waals surface area contributed by atoms with Crippen molar-refractivity contribution in [1.82, 2.24) is 0 Å². The third-order valence-electron chi connectivity index (χ3n) is 1.84. The van der Waals surface area contributed by atoms with Crippen molar-refractivity contribution >= 4 is 34.1 Å². The van der Waals surface area contributed by atoms with Crippen molar-refractivity contribution in [1.29, 1.82) is 0 Å². The van der Waals surface area contributed by atoms with E-state index in [2.05, 4.69) is 12.6 Å². The maximum Gasteiger partial charge on any atom is 0.123 e. The van der Waals surface area contributed by atoms with Crippen molar-refractivity contribution in [2.45, 2.75) is 11.5 Å². The molecule has 0 aliphatic carbocycles. The van der Waals surface area contributed by atoms with Gasteiger partial charge < -0.3 is 5.11 Å². The average molecular weight is 214 g/mol. The summed E-state index contributed by atoms with van der Waals surface area (Å²) >= 11 is 5.67. The van der Waals surface area contributed by atoms with E-state index in [-0.39, 0.29) is 12.4 Å². The summed E-state index contributed by atoms with van der Waals surface area (Å²) in [7, 11) is 0. The molecule has 0 aliphatic rings. The number of fused-ring (bicyclic) bond motifs is 1. The van der Waals surface area contributed by atoms with Gasteiger partial charge in [0, 0.05) is 19.9 Å². The first kappa shape index (κ1) is 8.99. The van der Waals surface area contributed by atoms with Crippen LogP contribution in [0, 0.1) is 5.82 Å². The largest absolute Gasteiger partial charge is 0.391 e. The lowest BCUT2D eigenvalue weighted by atomic mass is 10.2. The number of rotatable bonds is 1. The first-order valence-electron chi connectivity index (χ1n) is 3.73. The minimum atomic E-state index is -0.273. The van der Waals surface area contributed by atoms with Crippen LogP contribution in [0.25, 0.3) is 10.1 Å². The third-order valence-corrected chi connectivity index (χ3v) is 3.66. The molecule has 2 aromatic rings. The van der Waals surface area contributed by atoms with Crippen LogP contribution in [-0.2, 0) is 6.61 Å². The summed E-state index contributed by atoms with van der Waals surface area (Å²) in [4.78, 5) is 1.46. The summed E-state index contributed by atoms with van der Waals surface area (Å²) in [5.74, 6) is -0.273. The fraction of sp³-hybridized carbons (Fsp3) is 0.111. The van der Waals surface area contributed by atoms with Crippen LogP contribution >= 0.6 is 24.0 Å². The van der Waals surface area contributed by atoms with Crippen LogP contribution in [-0.4, -0.2) is 5.11 Å². The summed E-state index contributed by atoms with van der Waals surface area (Å²) in [5.41, 5.74) is 0. The number of benzene rings is 1. The monoisotopic (exact) mass is 214 g/mol. The van der Waals surface area contributed by atoms with E-state index >= 15 is 0 Å². The van der Waals surface area contributed by atoms with E-state index in [1.807, 2.05) is 0 Å². The highest BCUT2D eigenvalue weighted by Gasteiger charge is 2.08. The van der Waals surface area contributed by atoms with Gasteiger partial charge in [-0.15, -0.1) is 24.0 Å². The van der Waals surface area contributed by atoms with Gasteiger partial charge in [-0.05, 0) is 18.2 Å². The lowest BCUT2D eigenvalue weighted by Crippen LogP contribution is -1.76. The third kappa shape index (κ3) is 1.45. The van der Waals surface area contributed by atoms with E-state index in [0.717, 1.165) is 15.0 Å². The first-order valence-corrected chi connectivity index (χ1v) is 4.99. The SMILES string of the molecule is OCc1sc2ccc(F)cc2c1S. The highest BCUT2D eigenvalue weighted by molar-refractivity contribution is 7.80. The second-order valence-electron chi connectivity index (χ2n) is 2.67. The van der Waals surface area contributed by atoms with Gasteiger partial charge in [-0.25, -0.2) is 4.39 Å². The van der Waals surface area contributed by atoms with Gasteiger partial charge in [0.05, 0.1) is 6.61 Å². The van der Waals surface area contributed by atoms with Gasteiger partial charge in [0.2, 0.25) is 0 Å². The summed E-state index contributed by atoms with van der Waals surface area (Å²) in [5, 5.41) is 9.73. The maximum atomic E-state index is 12.8. The molecule has 0 saturated heterocycles. The molecule has 1 heterocycles. The standard InChI is InChI=1S/C9H7FOS2/c10-5-1-2-7-6(3-5)9(12)8(4-11)13-7/h1-3,11-12H,4H2. The zero-order chi connectivity index (χ0) is 9.42. The van der Waals surface area contributed by atoms with Crippen molar-refractivity contribution in [3.8, 4) is 0 Å². The van der Waals surface area contributed by atoms with Crippen molar-refractivity contribution in [2.75, 3.05) is 0 Å². The molecule has 0 aliphatic heterocycles. The second-order valence-corrected chi connectivity index (χ2v) is 4.26. The minimum Gasteiger partial charge on any atom is -0.391 e. The molecule has 0 saturated carbocycles. The van der Waals surface area contributed by atoms with Gasteiger partial charge in [-0.3, -0.25) is 0 Å². The van der Waals surface area contributed by atoms with Crippen molar-refractivity contribution in [2.24, 2.45) is 0 Å². The van der Waals surface area contributed by atoms with Gasteiger partial charge in [0.1, 0.15) is 5.82 Å². The molecule has 0 spiro atoms. The van der Waals surface area contributed by atoms with Crippen LogP contribution in [0.4, 0.5) is 4.39 Å². The lowest BCUT2D eigenvalue weighted by Gasteiger charge is -1.91. The molecule has 13 heavy (non-hydrogen) atoms. The van der Waals surface area contributed by atoms with Crippen LogP contribution in [0.1, 0.15) is 4.88 Å². The molecule has 1 aromatic carbocycles. The molecule has 1 nitrogen and oxygen atoms in total. The Labute approximate surface area is 84.2 Å². The highest BCUT2D eigenvalue weighted by atomic mass is 32.1. The summed E-state index contributed by atoms with van der Waals surface area (Å²) in [6.45, 7) is -0.0419. The van der Waals surface area contributed by atoms with Gasteiger partial charge in [-0.2, -0.15) is 0 Å². The van der Waals surface area contributed by atoms with E-state index in [4.69, 9.17) is 5.11 Å². The Bertz CT molecular complexity index is 450. The molecule has 1 N–H and O–H groups in total. The van der Waals surface area contributed by atoms with E-state index in [9.17, 15) is 4.39 Å². The normalized spacial score (nSPS) is 11.0. The van der Waals surface area contributed by atoms with E-state index in [1.165, 1.54) is 23.5 Å². The number of thiol groups is 1. The van der Waals surface area contributed by atoms with Crippen molar-refractivity contribution in [3.05, 3.63) is 28.9 Å². The Morgan fingerprint density at radius 1 is 1.46 bits per heavy atom. The Morgan fingerprint density at radius 2 is 2.23 bits per heavy atom. The molecule has 0 fully saturated rings. The molecule has 68 valence electrons. The number of aliphatic hydroxyl groups excluding tert-OH is 1. The van der Waals surface area contributed by atoms with Gasteiger partial charge in [-0.1, -0.05) is 0 Å². The van der Waals surface area contributed by atoms with Gasteiger partial charge in [0.15, 0.2) is 0 Å². The quantitative estimate of drug-likeness (QED) is 0.699. The molecule has 2 rings (SSSR count). The van der Waals surface area contributed by atoms with Crippen LogP contribution in [0.2, 0.25) is 0 Å². The number of hydrogen-bond acceptors (Lipinski definition) is 3. The van der Waals surface area contributed by atoms with E-state index in [1.54, 1.807) is 6.07 Å². The number of aliphatic hydroxyl groups is 1. The summed E-state index contributed by atoms with van der Waals surface area (Å²) < 4.78 is 13.8. The molecular formula is C9H7FOS2. The van der Waals surface area contributed by atoms with Crippen LogP contribution in [0.15, 0.2) is 23.1 Å². The Hall–Kier alpha value is -0.580. The predicted octanol–water partition coefficient (Wildman–Crippen LogP) is 2.82. The minimum absolute atomic E-state index is 0.0419. The van der Waals surface area contributed by atoms with Crippen LogP contribution < -0.4 is 0 Å². The highest BCUT2D eigenvalue weighted by Crippen LogP contribution is 2.34. The molecule has 0 radical (unpaired) electrons. The number of halogens is 1. The van der Waals surface area contributed by atoms with Gasteiger partial charge in [0.25, 0.3) is 0 Å². The molecule has 0 unspecified atom stereocenters. The van der Waals surface area contributed by atoms with Crippen molar-refractivity contribution < 1.29 is 9.50 Å². The van der Waals surface area contributed by atoms with Crippen molar-refractivity contribution in [3.63, 3.8) is 0 Å². The van der Waals surface area contributed by atoms with E-state index < -0.39 is 0 Å². The molecule has 0 bridgehead atoms. The Balaban J connectivity index is 2.77. The Kier molecular flexibility index (Phi) is 2.27. The molecule has 0 amide bonds. The fourth-order valence-electron chi connectivity index (χ4n) is 1.21. The van der Waals surface area contributed by atoms with Crippen LogP contribution in [0.5, 0.6) is 0 Å². The summed E-state index contributed by atoms with van der Waals surface area (Å²) in [6.07, 6.45) is 0. The van der Waals surface area contributed by atoms with Crippen LogP contribution in [0.3, 0.4) is 0 Å². The number of thiophene rings is 1. The fourth-order valence-corrected chi connectivity index (χ4v) is 2.63. The molecule has 0 atom stereocenters. The molecule has 4 heteroatoms. The maximum absolute atomic E-state index is 12.8. The zero-order valence-electron chi connectivity index (χ0n) is 6.62. The summed E-state index contributed by atoms with van der Waals surface area (Å²) in [6, 6.07) is 4.55. The number of hydrogen-bond donors (Lipinski definition) is 2. The smallest absolute Gasteiger partial charge is 0.123 e. The molecular weight excluding hydrogens is 207 g/mol. The first-order chi connectivity index (χ1) is 6.22. The Morgan fingerprint density at radius 3 is 2.92 bits per heavy atom. The second kappa shape index (κ2) is 3.29. The van der Waals surface area contributed by atoms with Gasteiger partial charge >= 0.3 is 0 Å². The van der Waals surface area contributed by atoms with E-state index in [0.29, 0.717) is 4.90 Å². The topological polar surface area (TPSA) is 20.2 Å².